The van der Waals surface area contributed by atoms with E-state index in [1.807, 2.05) is 19.1 Å². The second-order valence-corrected chi connectivity index (χ2v) is 5.98. The molecule has 0 aliphatic heterocycles. The largest absolute Gasteiger partial charge is 0.381 e. The number of anilines is 1. The molecule has 21 heavy (non-hydrogen) atoms. The van der Waals surface area contributed by atoms with Gasteiger partial charge in [0.15, 0.2) is 0 Å². The van der Waals surface area contributed by atoms with Gasteiger partial charge in [-0.25, -0.2) is 0 Å². The molecule has 0 unspecified atom stereocenters. The van der Waals surface area contributed by atoms with Crippen molar-refractivity contribution in [2.24, 2.45) is 5.73 Å². The number of carbonyl (C=O) groups excluding carboxylic acids is 1. The number of fused-ring (bicyclic) bond motifs is 1. The summed E-state index contributed by atoms with van der Waals surface area (Å²) in [4.78, 5) is 11.2. The maximum atomic E-state index is 11.2. The molecule has 2 aromatic carbocycles. The standard InChI is InChI=1S/C17H16N2OS/c1-11-8-13(17(18)20)2-3-14(11)10-19-15-4-5-16-12(9-15)6-7-21-16/h2-9,19H,10H2,1H3,(H2,18,20). The van der Waals surface area contributed by atoms with Gasteiger partial charge in [0.25, 0.3) is 0 Å². The molecule has 3 rings (SSSR count). The van der Waals surface area contributed by atoms with Crippen LogP contribution in [0.15, 0.2) is 47.8 Å². The van der Waals surface area contributed by atoms with Crippen molar-refractivity contribution in [1.82, 2.24) is 0 Å². The van der Waals surface area contributed by atoms with Crippen LogP contribution >= 0.6 is 11.3 Å². The van der Waals surface area contributed by atoms with Crippen molar-refractivity contribution >= 4 is 33.0 Å². The van der Waals surface area contributed by atoms with Crippen LogP contribution in [0.3, 0.4) is 0 Å². The third-order valence-corrected chi connectivity index (χ3v) is 4.46. The van der Waals surface area contributed by atoms with Gasteiger partial charge in [-0.15, -0.1) is 11.3 Å². The Labute approximate surface area is 127 Å². The average Bonchev–Trinajstić information content (AvgIpc) is 2.93. The summed E-state index contributed by atoms with van der Waals surface area (Å²) in [7, 11) is 0. The minimum atomic E-state index is -0.388. The van der Waals surface area contributed by atoms with Gasteiger partial charge in [0.2, 0.25) is 5.91 Å². The molecule has 0 radical (unpaired) electrons. The first-order valence-corrected chi connectivity index (χ1v) is 7.62. The lowest BCUT2D eigenvalue weighted by atomic mass is 10.0. The lowest BCUT2D eigenvalue weighted by Gasteiger charge is -2.10. The van der Waals surface area contributed by atoms with E-state index in [0.29, 0.717) is 5.56 Å². The van der Waals surface area contributed by atoms with E-state index in [1.165, 1.54) is 10.1 Å². The highest BCUT2D eigenvalue weighted by atomic mass is 32.1. The number of primary amides is 1. The monoisotopic (exact) mass is 296 g/mol. The molecule has 1 amide bonds. The molecule has 3 N–H and O–H groups in total. The Morgan fingerprint density at radius 1 is 1.19 bits per heavy atom. The Hall–Kier alpha value is -2.33. The molecule has 3 nitrogen and oxygen atoms in total. The van der Waals surface area contributed by atoms with Crippen molar-refractivity contribution in [2.75, 3.05) is 5.32 Å². The smallest absolute Gasteiger partial charge is 0.248 e. The molecule has 0 bridgehead atoms. The van der Waals surface area contributed by atoms with E-state index in [9.17, 15) is 4.79 Å². The summed E-state index contributed by atoms with van der Waals surface area (Å²) in [5, 5.41) is 6.77. The molecule has 1 aromatic heterocycles. The van der Waals surface area contributed by atoms with Crippen LogP contribution in [-0.4, -0.2) is 5.91 Å². The SMILES string of the molecule is Cc1cc(C(N)=O)ccc1CNc1ccc2sccc2c1. The Morgan fingerprint density at radius 3 is 2.81 bits per heavy atom. The van der Waals surface area contributed by atoms with Gasteiger partial charge in [-0.3, -0.25) is 4.79 Å². The van der Waals surface area contributed by atoms with Gasteiger partial charge in [0, 0.05) is 22.5 Å². The number of rotatable bonds is 4. The molecule has 3 aromatic rings. The van der Waals surface area contributed by atoms with Crippen LogP contribution in [0, 0.1) is 6.92 Å². The molecule has 0 spiro atoms. The summed E-state index contributed by atoms with van der Waals surface area (Å²) in [6.07, 6.45) is 0. The average molecular weight is 296 g/mol. The number of thiophene rings is 1. The summed E-state index contributed by atoms with van der Waals surface area (Å²) in [5.41, 5.74) is 9.16. The van der Waals surface area contributed by atoms with Crippen LogP contribution < -0.4 is 11.1 Å². The molecule has 0 aliphatic carbocycles. The van der Waals surface area contributed by atoms with Gasteiger partial charge in [0.05, 0.1) is 0 Å². The van der Waals surface area contributed by atoms with Crippen LogP contribution in [0.25, 0.3) is 10.1 Å². The minimum absolute atomic E-state index is 0.388. The van der Waals surface area contributed by atoms with Crippen molar-refractivity contribution in [2.45, 2.75) is 13.5 Å². The maximum Gasteiger partial charge on any atom is 0.248 e. The molecule has 1 heterocycles. The predicted octanol–water partition coefficient (Wildman–Crippen LogP) is 3.92. The normalized spacial score (nSPS) is 10.7. The van der Waals surface area contributed by atoms with Gasteiger partial charge in [-0.1, -0.05) is 6.07 Å². The first-order chi connectivity index (χ1) is 10.1. The van der Waals surface area contributed by atoms with Gasteiger partial charge >= 0.3 is 0 Å². The van der Waals surface area contributed by atoms with Crippen molar-refractivity contribution in [3.8, 4) is 0 Å². The van der Waals surface area contributed by atoms with Crippen molar-refractivity contribution in [1.29, 1.82) is 0 Å². The molecule has 106 valence electrons. The van der Waals surface area contributed by atoms with E-state index in [2.05, 4.69) is 35.0 Å². The maximum absolute atomic E-state index is 11.2. The quantitative estimate of drug-likeness (QED) is 0.766. The fourth-order valence-electron chi connectivity index (χ4n) is 2.32. The van der Waals surface area contributed by atoms with Crippen LogP contribution in [0.1, 0.15) is 21.5 Å². The second kappa shape index (κ2) is 5.58. The van der Waals surface area contributed by atoms with E-state index >= 15 is 0 Å². The number of benzene rings is 2. The second-order valence-electron chi connectivity index (χ2n) is 5.03. The van der Waals surface area contributed by atoms with E-state index in [-0.39, 0.29) is 5.91 Å². The number of nitrogens with one attached hydrogen (secondary N) is 1. The Kier molecular flexibility index (Phi) is 3.62. The van der Waals surface area contributed by atoms with Crippen LogP contribution in [-0.2, 0) is 6.54 Å². The molecular formula is C17H16N2OS. The number of carbonyl (C=O) groups is 1. The van der Waals surface area contributed by atoms with Crippen LogP contribution in [0.2, 0.25) is 0 Å². The summed E-state index contributed by atoms with van der Waals surface area (Å²) < 4.78 is 1.29. The molecule has 0 saturated heterocycles. The summed E-state index contributed by atoms with van der Waals surface area (Å²) in [6.45, 7) is 2.71. The Balaban J connectivity index is 1.76. The van der Waals surface area contributed by atoms with E-state index in [0.717, 1.165) is 23.4 Å². The minimum Gasteiger partial charge on any atom is -0.381 e. The molecule has 0 aliphatic rings. The summed E-state index contributed by atoms with van der Waals surface area (Å²) in [6, 6.07) is 14.1. The van der Waals surface area contributed by atoms with Crippen LogP contribution in [0.4, 0.5) is 5.69 Å². The van der Waals surface area contributed by atoms with Gasteiger partial charge in [-0.2, -0.15) is 0 Å². The van der Waals surface area contributed by atoms with E-state index in [1.54, 1.807) is 17.4 Å². The highest BCUT2D eigenvalue weighted by molar-refractivity contribution is 7.17. The third kappa shape index (κ3) is 2.90. The van der Waals surface area contributed by atoms with E-state index < -0.39 is 0 Å². The number of amides is 1. The fourth-order valence-corrected chi connectivity index (χ4v) is 3.09. The molecule has 4 heteroatoms. The summed E-state index contributed by atoms with van der Waals surface area (Å²) >= 11 is 1.75. The topological polar surface area (TPSA) is 55.1 Å². The van der Waals surface area contributed by atoms with E-state index in [4.69, 9.17) is 5.73 Å². The zero-order valence-electron chi connectivity index (χ0n) is 11.7. The zero-order chi connectivity index (χ0) is 14.8. The van der Waals surface area contributed by atoms with Crippen molar-refractivity contribution < 1.29 is 4.79 Å². The van der Waals surface area contributed by atoms with Crippen molar-refractivity contribution in [3.05, 3.63) is 64.5 Å². The first-order valence-electron chi connectivity index (χ1n) is 6.74. The number of nitrogens with two attached hydrogens (primary N) is 1. The van der Waals surface area contributed by atoms with Gasteiger partial charge < -0.3 is 11.1 Å². The first kappa shape index (κ1) is 13.6. The Bertz CT molecular complexity index is 807. The van der Waals surface area contributed by atoms with Crippen LogP contribution in [0.5, 0.6) is 0 Å². The van der Waals surface area contributed by atoms with Crippen molar-refractivity contribution in [3.63, 3.8) is 0 Å². The molecule has 0 saturated carbocycles. The highest BCUT2D eigenvalue weighted by Crippen LogP contribution is 2.24. The zero-order valence-corrected chi connectivity index (χ0v) is 12.5. The lowest BCUT2D eigenvalue weighted by Crippen LogP contribution is -2.11. The number of hydrogen-bond donors (Lipinski definition) is 2. The lowest BCUT2D eigenvalue weighted by molar-refractivity contribution is 0.1000. The summed E-state index contributed by atoms with van der Waals surface area (Å²) in [5.74, 6) is -0.388. The molecular weight excluding hydrogens is 280 g/mol. The highest BCUT2D eigenvalue weighted by Gasteiger charge is 2.04. The third-order valence-electron chi connectivity index (χ3n) is 3.56. The van der Waals surface area contributed by atoms with Gasteiger partial charge in [0.1, 0.15) is 0 Å². The number of aryl methyl sites for hydroxylation is 1. The molecule has 0 fully saturated rings. The fraction of sp³-hybridized carbons (Fsp3) is 0.118. The number of hydrogen-bond acceptors (Lipinski definition) is 3. The molecule has 0 atom stereocenters. The Morgan fingerprint density at radius 2 is 2.05 bits per heavy atom. The predicted molar refractivity (Wildman–Crippen MR) is 88.8 cm³/mol. The van der Waals surface area contributed by atoms with Gasteiger partial charge in [-0.05, 0) is 65.2 Å².